The van der Waals surface area contributed by atoms with Gasteiger partial charge in [0.05, 0.1) is 0 Å². The van der Waals surface area contributed by atoms with E-state index in [2.05, 4.69) is 98.8 Å². The van der Waals surface area contributed by atoms with Crippen LogP contribution >= 0.6 is 0 Å². The molecule has 34 heavy (non-hydrogen) atoms. The van der Waals surface area contributed by atoms with Crippen molar-refractivity contribution in [3.8, 4) is 22.3 Å². The summed E-state index contributed by atoms with van der Waals surface area (Å²) in [5.41, 5.74) is 11.2. The van der Waals surface area contributed by atoms with Gasteiger partial charge in [-0.15, -0.1) is 11.1 Å². The normalized spacial score (nSPS) is 10.9. The van der Waals surface area contributed by atoms with Gasteiger partial charge in [0, 0.05) is 0 Å². The molecular weight excluding hydrogens is 551 g/mol. The fourth-order valence-corrected chi connectivity index (χ4v) is 4.75. The molecule has 0 bridgehead atoms. The smallest absolute Gasteiger partial charge is 0.0253 e. The van der Waals surface area contributed by atoms with Crippen LogP contribution in [0.15, 0.2) is 84.9 Å². The minimum Gasteiger partial charge on any atom is -1.00 e. The molecule has 2 aliphatic carbocycles. The minimum atomic E-state index is 0. The minimum absolute atomic E-state index is 0. The Kier molecular flexibility index (Phi) is 12.0. The van der Waals surface area contributed by atoms with Crippen LogP contribution in [0.1, 0.15) is 36.1 Å². The molecule has 6 rings (SSSR count). The molecule has 4 aromatic carbocycles. The molecule has 0 aromatic heterocycles. The Labute approximate surface area is 232 Å². The third kappa shape index (κ3) is 6.82. The molecule has 0 aliphatic heterocycles. The van der Waals surface area contributed by atoms with E-state index in [4.69, 9.17) is 0 Å². The molecule has 0 heterocycles. The molecule has 0 fully saturated rings. The zero-order valence-corrected chi connectivity index (χ0v) is 24.6. The second-order valence-electron chi connectivity index (χ2n) is 8.10. The van der Waals surface area contributed by atoms with Crippen LogP contribution in [-0.4, -0.2) is 5.43 Å². The van der Waals surface area contributed by atoms with Crippen molar-refractivity contribution in [3.05, 3.63) is 119 Å². The molecule has 0 amide bonds. The van der Waals surface area contributed by atoms with Crippen molar-refractivity contribution < 1.29 is 48.1 Å². The maximum absolute atomic E-state index is 3.30. The molecule has 4 heteroatoms. The molecule has 0 nitrogen and oxygen atoms in total. The van der Waals surface area contributed by atoms with Gasteiger partial charge in [0.25, 0.3) is 0 Å². The Hall–Kier alpha value is -1.44. The summed E-state index contributed by atoms with van der Waals surface area (Å²) in [6.07, 6.45) is 2.10. The molecule has 0 saturated carbocycles. The fourth-order valence-electron chi connectivity index (χ4n) is 4.25. The van der Waals surface area contributed by atoms with E-state index in [9.17, 15) is 0 Å². The Morgan fingerprint density at radius 2 is 1.00 bits per heavy atom. The van der Waals surface area contributed by atoms with Crippen molar-refractivity contribution in [3.63, 3.8) is 0 Å². The van der Waals surface area contributed by atoms with E-state index in [0.717, 1.165) is 12.8 Å². The molecule has 0 saturated heterocycles. The van der Waals surface area contributed by atoms with Gasteiger partial charge in [0.15, 0.2) is 0 Å². The summed E-state index contributed by atoms with van der Waals surface area (Å²) in [5, 5.41) is 0. The van der Waals surface area contributed by atoms with Gasteiger partial charge in [-0.25, -0.2) is 0 Å². The van der Waals surface area contributed by atoms with Gasteiger partial charge in [-0.2, -0.15) is 59.7 Å². The van der Waals surface area contributed by atoms with E-state index in [-0.39, 0.29) is 30.2 Å². The maximum atomic E-state index is 3.30. The second-order valence-corrected chi connectivity index (χ2v) is 15.9. The number of benzene rings is 4. The Morgan fingerprint density at radius 1 is 0.618 bits per heavy atom. The Bertz CT molecular complexity index is 1050. The molecular formula is C30H28Cl2SiZr-2. The summed E-state index contributed by atoms with van der Waals surface area (Å²) in [5.74, 6) is 0. The standard InChI is InChI=1S/2C13H9.C4H10Si.2ClH.Zr/c2*1-3-7-12-10(5-1)9-11-6-2-4-8-13(11)12;1-3-5-4-2;;;/h2*1-5,7-8H,9H2;3-4H2,1-2H3;2*1H;/q2*-1;;;;+2/p-2. The van der Waals surface area contributed by atoms with Crippen molar-refractivity contribution in [2.45, 2.75) is 38.8 Å². The quantitative estimate of drug-likeness (QED) is 0.217. The number of rotatable bonds is 2. The summed E-state index contributed by atoms with van der Waals surface area (Å²) < 4.78 is 0. The molecule has 0 radical (unpaired) electrons. The predicted octanol–water partition coefficient (Wildman–Crippen LogP) is 1.69. The summed E-state index contributed by atoms with van der Waals surface area (Å²) in [7, 11) is 0. The molecule has 4 aromatic rings. The SMILES string of the molecule is CC[Si](=[Zr+2])CC.[Cl-].[Cl-].[c-]1cccc2c1Cc1ccccc1-2.[c-]1cccc2c1Cc1ccccc1-2. The van der Waals surface area contributed by atoms with Gasteiger partial charge in [-0.3, -0.25) is 0 Å². The second kappa shape index (κ2) is 14.2. The summed E-state index contributed by atoms with van der Waals surface area (Å²) in [6.45, 7) is 4.60. The van der Waals surface area contributed by atoms with Crippen LogP contribution < -0.4 is 24.8 Å². The van der Waals surface area contributed by atoms with Crippen LogP contribution in [0.5, 0.6) is 0 Å². The summed E-state index contributed by atoms with van der Waals surface area (Å²) in [6, 6.07) is 39.2. The number of fused-ring (bicyclic) bond motifs is 6. The average Bonchev–Trinajstić information content (AvgIpc) is 3.43. The predicted molar refractivity (Wildman–Crippen MR) is 134 cm³/mol. The van der Waals surface area contributed by atoms with Gasteiger partial charge in [0.2, 0.25) is 0 Å². The molecule has 0 N–H and O–H groups in total. The van der Waals surface area contributed by atoms with Crippen molar-refractivity contribution in [1.82, 2.24) is 0 Å². The first-order chi connectivity index (χ1) is 15.7. The first-order valence-electron chi connectivity index (χ1n) is 11.4. The van der Waals surface area contributed by atoms with Crippen molar-refractivity contribution in [2.24, 2.45) is 0 Å². The first-order valence-corrected chi connectivity index (χ1v) is 17.0. The Balaban J connectivity index is 0.000000187. The van der Waals surface area contributed by atoms with E-state index >= 15 is 0 Å². The molecule has 0 unspecified atom stereocenters. The van der Waals surface area contributed by atoms with Crippen molar-refractivity contribution in [1.29, 1.82) is 0 Å². The summed E-state index contributed by atoms with van der Waals surface area (Å²) in [4.78, 5) is 0. The van der Waals surface area contributed by atoms with E-state index in [1.807, 2.05) is 12.1 Å². The van der Waals surface area contributed by atoms with Gasteiger partial charge >= 0.3 is 54.7 Å². The van der Waals surface area contributed by atoms with E-state index in [0.29, 0.717) is 0 Å². The van der Waals surface area contributed by atoms with Gasteiger partial charge in [0.1, 0.15) is 0 Å². The van der Waals surface area contributed by atoms with E-state index < -0.39 is 0 Å². The van der Waals surface area contributed by atoms with E-state index in [1.54, 1.807) is 23.3 Å². The molecule has 0 spiro atoms. The van der Waals surface area contributed by atoms with Crippen LogP contribution in [-0.2, 0) is 36.2 Å². The van der Waals surface area contributed by atoms with Crippen LogP contribution in [0.25, 0.3) is 22.3 Å². The fraction of sp³-hybridized carbons (Fsp3) is 0.200. The van der Waals surface area contributed by atoms with Crippen LogP contribution in [0.3, 0.4) is 0 Å². The van der Waals surface area contributed by atoms with Crippen molar-refractivity contribution >= 4 is 5.43 Å². The molecule has 0 atom stereocenters. The van der Waals surface area contributed by atoms with Crippen LogP contribution in [0.2, 0.25) is 12.1 Å². The monoisotopic (exact) mass is 576 g/mol. The Morgan fingerprint density at radius 3 is 1.38 bits per heavy atom. The average molecular weight is 579 g/mol. The van der Waals surface area contributed by atoms with Crippen LogP contribution in [0, 0.1) is 12.1 Å². The summed E-state index contributed by atoms with van der Waals surface area (Å²) >= 11 is 1.80. The number of hydrogen-bond donors (Lipinski definition) is 0. The van der Waals surface area contributed by atoms with Gasteiger partial charge in [-0.05, 0) is 12.8 Å². The largest absolute Gasteiger partial charge is 1.00 e. The van der Waals surface area contributed by atoms with E-state index in [1.165, 1.54) is 56.6 Å². The number of hydrogen-bond acceptors (Lipinski definition) is 0. The zero-order chi connectivity index (χ0) is 22.3. The van der Waals surface area contributed by atoms with Gasteiger partial charge in [-0.1, -0.05) is 70.8 Å². The third-order valence-corrected chi connectivity index (χ3v) is 13.0. The topological polar surface area (TPSA) is 0 Å². The molecule has 2 aliphatic rings. The maximum Gasteiger partial charge on any atom is -0.0253 e. The first kappa shape index (κ1) is 28.8. The zero-order valence-electron chi connectivity index (χ0n) is 19.7. The van der Waals surface area contributed by atoms with Gasteiger partial charge < -0.3 is 24.8 Å². The molecule has 172 valence electrons. The number of halogens is 2. The third-order valence-electron chi connectivity index (χ3n) is 6.09. The van der Waals surface area contributed by atoms with Crippen molar-refractivity contribution in [2.75, 3.05) is 0 Å². The van der Waals surface area contributed by atoms with Crippen LogP contribution in [0.4, 0.5) is 0 Å².